The molecule has 1 aromatic carbocycles. The third-order valence-electron chi connectivity index (χ3n) is 6.59. The molecule has 0 amide bonds. The van der Waals surface area contributed by atoms with Gasteiger partial charge in [0.15, 0.2) is 5.65 Å². The van der Waals surface area contributed by atoms with Crippen LogP contribution in [0.2, 0.25) is 0 Å². The zero-order valence-corrected chi connectivity index (χ0v) is 20.0. The minimum Gasteiger partial charge on any atom is -0.370 e. The fraction of sp³-hybridized carbons (Fsp3) is 0.370. The molecule has 5 rings (SSSR count). The van der Waals surface area contributed by atoms with Gasteiger partial charge in [0.25, 0.3) is 0 Å². The summed E-state index contributed by atoms with van der Waals surface area (Å²) in [5, 5.41) is 15.3. The van der Waals surface area contributed by atoms with Crippen LogP contribution in [0.25, 0.3) is 16.8 Å². The number of fused-ring (bicyclic) bond motifs is 1. The largest absolute Gasteiger partial charge is 0.370 e. The van der Waals surface area contributed by atoms with E-state index in [4.69, 9.17) is 4.98 Å². The molecule has 0 spiro atoms. The van der Waals surface area contributed by atoms with Crippen LogP contribution in [0.1, 0.15) is 43.7 Å². The zero-order valence-electron chi connectivity index (χ0n) is 20.0. The van der Waals surface area contributed by atoms with Crippen molar-refractivity contribution in [3.05, 3.63) is 72.2 Å². The summed E-state index contributed by atoms with van der Waals surface area (Å²) >= 11 is 0. The Bertz CT molecular complexity index is 1210. The Hall–Kier alpha value is -3.45. The quantitative estimate of drug-likeness (QED) is 0.349. The van der Waals surface area contributed by atoms with Crippen LogP contribution in [0.5, 0.6) is 0 Å². The summed E-state index contributed by atoms with van der Waals surface area (Å²) in [5.41, 5.74) is 5.66. The second kappa shape index (κ2) is 10.2. The third-order valence-corrected chi connectivity index (χ3v) is 6.59. The first kappa shape index (κ1) is 22.3. The van der Waals surface area contributed by atoms with E-state index in [2.05, 4.69) is 70.2 Å². The van der Waals surface area contributed by atoms with Crippen LogP contribution in [0.3, 0.4) is 0 Å². The minimum absolute atomic E-state index is 0.359. The van der Waals surface area contributed by atoms with Gasteiger partial charge in [-0.25, -0.2) is 4.98 Å². The first-order valence-electron chi connectivity index (χ1n) is 12.2. The molecule has 7 heteroatoms. The van der Waals surface area contributed by atoms with Crippen molar-refractivity contribution in [2.75, 3.05) is 30.3 Å². The Morgan fingerprint density at radius 2 is 1.74 bits per heavy atom. The second-order valence-corrected chi connectivity index (χ2v) is 9.38. The van der Waals surface area contributed by atoms with Gasteiger partial charge in [-0.05, 0) is 66.6 Å². The lowest BCUT2D eigenvalue weighted by atomic mass is 9.98. The Morgan fingerprint density at radius 3 is 2.47 bits per heavy atom. The monoisotopic (exact) mass is 455 g/mol. The third kappa shape index (κ3) is 5.04. The molecular formula is C27H33N7. The molecule has 1 fully saturated rings. The topological polar surface area (TPSA) is 79.2 Å². The number of hydrogen-bond acceptors (Lipinski definition) is 6. The normalized spacial score (nSPS) is 14.6. The Labute approximate surface area is 201 Å². The summed E-state index contributed by atoms with van der Waals surface area (Å²) in [6.45, 7) is 8.24. The number of benzene rings is 1. The fourth-order valence-electron chi connectivity index (χ4n) is 4.49. The number of piperidine rings is 1. The van der Waals surface area contributed by atoms with Crippen LogP contribution in [0, 0.1) is 5.92 Å². The SMILES string of the molecule is CC(C)c1cnn2c(NCc3ccc(-c4ccncc4)cc3)cc(NCC3CCNCC3)nc12. The highest BCUT2D eigenvalue weighted by Crippen LogP contribution is 2.25. The summed E-state index contributed by atoms with van der Waals surface area (Å²) in [6, 6.07) is 14.8. The molecule has 176 valence electrons. The van der Waals surface area contributed by atoms with Crippen molar-refractivity contribution < 1.29 is 0 Å². The molecule has 0 atom stereocenters. The number of nitrogens with zero attached hydrogens (tertiary/aromatic N) is 4. The van der Waals surface area contributed by atoms with Crippen molar-refractivity contribution in [3.8, 4) is 11.1 Å². The maximum Gasteiger partial charge on any atom is 0.163 e. The van der Waals surface area contributed by atoms with Gasteiger partial charge in [0, 0.05) is 37.1 Å². The number of anilines is 2. The second-order valence-electron chi connectivity index (χ2n) is 9.38. The molecule has 0 aliphatic carbocycles. The van der Waals surface area contributed by atoms with Gasteiger partial charge < -0.3 is 16.0 Å². The molecule has 4 aromatic rings. The summed E-state index contributed by atoms with van der Waals surface area (Å²) in [4.78, 5) is 9.03. The average molecular weight is 456 g/mol. The van der Waals surface area contributed by atoms with Crippen molar-refractivity contribution in [1.29, 1.82) is 0 Å². The number of pyridine rings is 1. The maximum atomic E-state index is 4.93. The predicted molar refractivity (Wildman–Crippen MR) is 138 cm³/mol. The van der Waals surface area contributed by atoms with Crippen molar-refractivity contribution in [2.45, 2.75) is 39.2 Å². The van der Waals surface area contributed by atoms with E-state index < -0.39 is 0 Å². The van der Waals surface area contributed by atoms with Crippen LogP contribution in [0.4, 0.5) is 11.6 Å². The highest BCUT2D eigenvalue weighted by Gasteiger charge is 2.16. The first-order chi connectivity index (χ1) is 16.7. The van der Waals surface area contributed by atoms with Crippen molar-refractivity contribution >= 4 is 17.3 Å². The lowest BCUT2D eigenvalue weighted by Crippen LogP contribution is -2.31. The van der Waals surface area contributed by atoms with Crippen molar-refractivity contribution in [1.82, 2.24) is 24.9 Å². The van der Waals surface area contributed by atoms with E-state index in [1.54, 1.807) is 0 Å². The van der Waals surface area contributed by atoms with E-state index in [1.165, 1.54) is 29.5 Å². The highest BCUT2D eigenvalue weighted by molar-refractivity contribution is 5.63. The van der Waals surface area contributed by atoms with Gasteiger partial charge in [0.1, 0.15) is 11.6 Å². The molecule has 3 N–H and O–H groups in total. The summed E-state index contributed by atoms with van der Waals surface area (Å²) < 4.78 is 1.93. The van der Waals surface area contributed by atoms with Gasteiger partial charge in [0.05, 0.1) is 6.20 Å². The number of hydrogen-bond donors (Lipinski definition) is 3. The van der Waals surface area contributed by atoms with Crippen molar-refractivity contribution in [3.63, 3.8) is 0 Å². The van der Waals surface area contributed by atoms with Crippen LogP contribution < -0.4 is 16.0 Å². The molecule has 4 heterocycles. The maximum absolute atomic E-state index is 4.93. The van der Waals surface area contributed by atoms with E-state index in [0.717, 1.165) is 42.5 Å². The van der Waals surface area contributed by atoms with Crippen LogP contribution in [-0.2, 0) is 6.54 Å². The highest BCUT2D eigenvalue weighted by atomic mass is 15.3. The Balaban J connectivity index is 1.34. The zero-order chi connectivity index (χ0) is 23.3. The molecule has 1 aliphatic rings. The number of nitrogens with one attached hydrogen (secondary N) is 3. The Morgan fingerprint density at radius 1 is 1.00 bits per heavy atom. The first-order valence-corrected chi connectivity index (χ1v) is 12.2. The van der Waals surface area contributed by atoms with Gasteiger partial charge in [-0.3, -0.25) is 4.98 Å². The minimum atomic E-state index is 0.359. The lowest BCUT2D eigenvalue weighted by Gasteiger charge is -2.23. The molecule has 7 nitrogen and oxygen atoms in total. The predicted octanol–water partition coefficient (Wildman–Crippen LogP) is 4.94. The van der Waals surface area contributed by atoms with E-state index in [0.29, 0.717) is 18.4 Å². The van der Waals surface area contributed by atoms with Crippen LogP contribution >= 0.6 is 0 Å². The van der Waals surface area contributed by atoms with Gasteiger partial charge in [-0.2, -0.15) is 9.61 Å². The summed E-state index contributed by atoms with van der Waals surface area (Å²) in [5.74, 6) is 2.90. The van der Waals surface area contributed by atoms with Crippen molar-refractivity contribution in [2.24, 2.45) is 5.92 Å². The molecule has 3 aromatic heterocycles. The molecule has 0 saturated carbocycles. The van der Waals surface area contributed by atoms with Gasteiger partial charge >= 0.3 is 0 Å². The molecular weight excluding hydrogens is 422 g/mol. The summed E-state index contributed by atoms with van der Waals surface area (Å²) in [6.07, 6.45) is 8.01. The number of aromatic nitrogens is 4. The van der Waals surface area contributed by atoms with Crippen LogP contribution in [-0.4, -0.2) is 39.2 Å². The van der Waals surface area contributed by atoms with Gasteiger partial charge in [-0.1, -0.05) is 38.1 Å². The van der Waals surface area contributed by atoms with E-state index in [1.807, 2.05) is 35.2 Å². The smallest absolute Gasteiger partial charge is 0.163 e. The molecule has 1 aliphatic heterocycles. The van der Waals surface area contributed by atoms with Gasteiger partial charge in [-0.15, -0.1) is 0 Å². The van der Waals surface area contributed by atoms with E-state index >= 15 is 0 Å². The molecule has 0 bridgehead atoms. The molecule has 1 saturated heterocycles. The summed E-state index contributed by atoms with van der Waals surface area (Å²) in [7, 11) is 0. The van der Waals surface area contributed by atoms with E-state index in [-0.39, 0.29) is 0 Å². The van der Waals surface area contributed by atoms with Gasteiger partial charge in [0.2, 0.25) is 0 Å². The lowest BCUT2D eigenvalue weighted by molar-refractivity contribution is 0.389. The fourth-order valence-corrected chi connectivity index (χ4v) is 4.49. The number of rotatable bonds is 8. The average Bonchev–Trinajstić information content (AvgIpc) is 3.32. The van der Waals surface area contributed by atoms with E-state index in [9.17, 15) is 0 Å². The molecule has 0 radical (unpaired) electrons. The molecule has 0 unspecified atom stereocenters. The molecule has 34 heavy (non-hydrogen) atoms. The standard InChI is InChI=1S/C27H33N7/c1-19(2)24-18-32-34-26(15-25(33-27(24)34)30-16-21-7-11-28-12-8-21)31-17-20-3-5-22(6-4-20)23-9-13-29-14-10-23/h3-6,9-10,13-15,18-19,21,28,31H,7-8,11-12,16-17H2,1-2H3,(H,30,33). The Kier molecular flexibility index (Phi) is 6.72. The van der Waals surface area contributed by atoms with Crippen LogP contribution in [0.15, 0.2) is 61.1 Å².